The summed E-state index contributed by atoms with van der Waals surface area (Å²) >= 11 is 9.06. The Labute approximate surface area is 62.3 Å². The van der Waals surface area contributed by atoms with Crippen LogP contribution in [0.2, 0.25) is 0 Å². The van der Waals surface area contributed by atoms with E-state index in [1.807, 2.05) is 12.2 Å². The van der Waals surface area contributed by atoms with Crippen molar-refractivity contribution < 1.29 is 0 Å². The zero-order valence-electron chi connectivity index (χ0n) is 4.27. The fourth-order valence-electron chi connectivity index (χ4n) is 0.568. The molecule has 0 aliphatic heterocycles. The van der Waals surface area contributed by atoms with Crippen LogP contribution in [0.1, 0.15) is 6.42 Å². The molecular formula is C6H6BrCl. The molecule has 1 aliphatic carbocycles. The maximum atomic E-state index is 5.73. The minimum atomic E-state index is 0.205. The molecule has 0 heterocycles. The molecule has 0 amide bonds. The van der Waals surface area contributed by atoms with Crippen LogP contribution in [0.3, 0.4) is 0 Å². The summed E-state index contributed by atoms with van der Waals surface area (Å²) in [4.78, 5) is 0. The molecule has 0 fully saturated rings. The second-order valence-electron chi connectivity index (χ2n) is 1.70. The first-order valence-corrected chi connectivity index (χ1v) is 3.70. The molecule has 0 N–H and O–H groups in total. The van der Waals surface area contributed by atoms with Gasteiger partial charge in [0.25, 0.3) is 0 Å². The summed E-state index contributed by atoms with van der Waals surface area (Å²) in [6.07, 6.45) is 6.96. The van der Waals surface area contributed by atoms with Crippen molar-refractivity contribution in [3.8, 4) is 0 Å². The van der Waals surface area contributed by atoms with Gasteiger partial charge in [0.2, 0.25) is 0 Å². The van der Waals surface area contributed by atoms with Gasteiger partial charge in [-0.05, 0) is 6.42 Å². The minimum absolute atomic E-state index is 0.205. The molecule has 1 atom stereocenters. The third-order valence-electron chi connectivity index (χ3n) is 1.00. The van der Waals surface area contributed by atoms with Crippen molar-refractivity contribution in [2.24, 2.45) is 0 Å². The van der Waals surface area contributed by atoms with Gasteiger partial charge in [0.15, 0.2) is 0 Å². The second-order valence-corrected chi connectivity index (χ2v) is 3.18. The van der Waals surface area contributed by atoms with Crippen LogP contribution in [-0.4, -0.2) is 5.38 Å². The number of rotatable bonds is 0. The summed E-state index contributed by atoms with van der Waals surface area (Å²) in [5, 5.41) is 0.205. The fraction of sp³-hybridized carbons (Fsp3) is 0.333. The van der Waals surface area contributed by atoms with Gasteiger partial charge in [0.05, 0.1) is 5.38 Å². The lowest BCUT2D eigenvalue weighted by molar-refractivity contribution is 1.04. The molecule has 2 heteroatoms. The highest BCUT2D eigenvalue weighted by Gasteiger charge is 2.00. The van der Waals surface area contributed by atoms with E-state index in [1.165, 1.54) is 0 Å². The second kappa shape index (κ2) is 2.70. The molecule has 1 rings (SSSR count). The molecule has 44 valence electrons. The smallest absolute Gasteiger partial charge is 0.0554 e. The molecule has 0 saturated carbocycles. The van der Waals surface area contributed by atoms with Crippen LogP contribution < -0.4 is 0 Å². The molecule has 0 radical (unpaired) electrons. The van der Waals surface area contributed by atoms with E-state index < -0.39 is 0 Å². The first-order chi connectivity index (χ1) is 3.79. The van der Waals surface area contributed by atoms with Crippen LogP contribution in [0.15, 0.2) is 22.7 Å². The fourth-order valence-corrected chi connectivity index (χ4v) is 1.07. The zero-order chi connectivity index (χ0) is 5.98. The molecule has 8 heavy (non-hydrogen) atoms. The van der Waals surface area contributed by atoms with E-state index in [2.05, 4.69) is 22.0 Å². The Morgan fingerprint density at radius 2 is 2.50 bits per heavy atom. The lowest BCUT2D eigenvalue weighted by Crippen LogP contribution is -1.93. The van der Waals surface area contributed by atoms with E-state index in [9.17, 15) is 0 Å². The maximum absolute atomic E-state index is 5.73. The van der Waals surface area contributed by atoms with Crippen molar-refractivity contribution in [3.05, 3.63) is 22.7 Å². The van der Waals surface area contributed by atoms with Crippen molar-refractivity contribution in [2.75, 3.05) is 0 Å². The summed E-state index contributed by atoms with van der Waals surface area (Å²) < 4.78 is 1.13. The summed E-state index contributed by atoms with van der Waals surface area (Å²) in [5.74, 6) is 0. The van der Waals surface area contributed by atoms with Crippen molar-refractivity contribution >= 4 is 27.5 Å². The zero-order valence-corrected chi connectivity index (χ0v) is 6.61. The monoisotopic (exact) mass is 192 g/mol. The van der Waals surface area contributed by atoms with Crippen LogP contribution in [-0.2, 0) is 0 Å². The predicted octanol–water partition coefficient (Wildman–Crippen LogP) is 2.83. The first-order valence-electron chi connectivity index (χ1n) is 2.47. The molecule has 0 aromatic heterocycles. The summed E-state index contributed by atoms with van der Waals surface area (Å²) in [6, 6.07) is 0. The molecule has 0 aromatic rings. The standard InChI is InChI=1S/C6H6BrCl/c7-5-1-3-6(8)4-2-5/h1-3,6H,4H2. The third-order valence-corrected chi connectivity index (χ3v) is 1.91. The predicted molar refractivity (Wildman–Crippen MR) is 40.4 cm³/mol. The average Bonchev–Trinajstić information content (AvgIpc) is 1.77. The van der Waals surface area contributed by atoms with Crippen molar-refractivity contribution in [3.63, 3.8) is 0 Å². The SMILES string of the molecule is ClC1C=CC(Br)=CC1. The highest BCUT2D eigenvalue weighted by molar-refractivity contribution is 9.11. The molecular weight excluding hydrogens is 187 g/mol. The lowest BCUT2D eigenvalue weighted by atomic mass is 10.2. The van der Waals surface area contributed by atoms with Gasteiger partial charge in [-0.3, -0.25) is 0 Å². The Balaban J connectivity index is 2.58. The molecule has 0 bridgehead atoms. The summed E-state index contributed by atoms with van der Waals surface area (Å²) in [5.41, 5.74) is 0. The Kier molecular flexibility index (Phi) is 2.15. The number of hydrogen-bond acceptors (Lipinski definition) is 0. The van der Waals surface area contributed by atoms with Gasteiger partial charge >= 0.3 is 0 Å². The number of halogens is 2. The molecule has 1 aliphatic rings. The Bertz CT molecular complexity index is 137. The molecule has 1 unspecified atom stereocenters. The minimum Gasteiger partial charge on any atom is -0.118 e. The lowest BCUT2D eigenvalue weighted by Gasteiger charge is -2.03. The van der Waals surface area contributed by atoms with Gasteiger partial charge in [0.1, 0.15) is 0 Å². The Morgan fingerprint density at radius 1 is 1.75 bits per heavy atom. The van der Waals surface area contributed by atoms with Gasteiger partial charge < -0.3 is 0 Å². The van der Waals surface area contributed by atoms with Crippen LogP contribution in [0.5, 0.6) is 0 Å². The van der Waals surface area contributed by atoms with E-state index in [1.54, 1.807) is 0 Å². The maximum Gasteiger partial charge on any atom is 0.0554 e. The molecule has 0 nitrogen and oxygen atoms in total. The molecule has 0 aromatic carbocycles. The molecule has 0 saturated heterocycles. The van der Waals surface area contributed by atoms with Crippen molar-refractivity contribution in [1.29, 1.82) is 0 Å². The van der Waals surface area contributed by atoms with Crippen LogP contribution in [0, 0.1) is 0 Å². The largest absolute Gasteiger partial charge is 0.118 e. The third kappa shape index (κ3) is 1.64. The van der Waals surface area contributed by atoms with E-state index in [0.717, 1.165) is 10.9 Å². The van der Waals surface area contributed by atoms with Gasteiger partial charge in [-0.15, -0.1) is 11.6 Å². The Morgan fingerprint density at radius 3 is 2.88 bits per heavy atom. The highest BCUT2D eigenvalue weighted by atomic mass is 79.9. The quantitative estimate of drug-likeness (QED) is 0.519. The number of alkyl halides is 1. The van der Waals surface area contributed by atoms with Gasteiger partial charge in [-0.25, -0.2) is 0 Å². The first kappa shape index (κ1) is 6.37. The van der Waals surface area contributed by atoms with Crippen molar-refractivity contribution in [2.45, 2.75) is 11.8 Å². The van der Waals surface area contributed by atoms with Gasteiger partial charge in [-0.2, -0.15) is 0 Å². The summed E-state index contributed by atoms with van der Waals surface area (Å²) in [6.45, 7) is 0. The van der Waals surface area contributed by atoms with E-state index in [-0.39, 0.29) is 5.38 Å². The molecule has 0 spiro atoms. The van der Waals surface area contributed by atoms with Gasteiger partial charge in [0, 0.05) is 4.48 Å². The van der Waals surface area contributed by atoms with Crippen LogP contribution in [0.25, 0.3) is 0 Å². The highest BCUT2D eigenvalue weighted by Crippen LogP contribution is 2.18. The van der Waals surface area contributed by atoms with E-state index in [0.29, 0.717) is 0 Å². The number of hydrogen-bond donors (Lipinski definition) is 0. The van der Waals surface area contributed by atoms with Gasteiger partial charge in [-0.1, -0.05) is 34.2 Å². The topological polar surface area (TPSA) is 0 Å². The number of allylic oxidation sites excluding steroid dienone is 4. The summed E-state index contributed by atoms with van der Waals surface area (Å²) in [7, 11) is 0. The van der Waals surface area contributed by atoms with E-state index >= 15 is 0 Å². The van der Waals surface area contributed by atoms with Crippen LogP contribution >= 0.6 is 27.5 Å². The van der Waals surface area contributed by atoms with Crippen molar-refractivity contribution in [1.82, 2.24) is 0 Å². The Hall–Kier alpha value is 0.250. The normalized spacial score (nSPS) is 27.8. The van der Waals surface area contributed by atoms with Crippen LogP contribution in [0.4, 0.5) is 0 Å². The average molecular weight is 193 g/mol. The van der Waals surface area contributed by atoms with E-state index in [4.69, 9.17) is 11.6 Å².